The molecule has 0 aliphatic rings. The lowest BCUT2D eigenvalue weighted by Crippen LogP contribution is -2.43. The summed E-state index contributed by atoms with van der Waals surface area (Å²) in [7, 11) is 1.49. The average molecular weight is 325 g/mol. The second-order valence-electron chi connectivity index (χ2n) is 5.11. The minimum absolute atomic E-state index is 0.0864. The summed E-state index contributed by atoms with van der Waals surface area (Å²) in [5.74, 6) is -2.43. The van der Waals surface area contributed by atoms with Gasteiger partial charge in [-0.2, -0.15) is 0 Å². The van der Waals surface area contributed by atoms with Gasteiger partial charge in [0.15, 0.2) is 0 Å². The third-order valence-electron chi connectivity index (χ3n) is 3.11. The second-order valence-corrected chi connectivity index (χ2v) is 5.11. The normalized spacial score (nSPS) is 11.4. The molecule has 0 fully saturated rings. The molecule has 7 nitrogen and oxygen atoms in total. The zero-order valence-electron chi connectivity index (χ0n) is 13.0. The van der Waals surface area contributed by atoms with Crippen molar-refractivity contribution in [3.8, 4) is 0 Å². The minimum Gasteiger partial charge on any atom is -0.481 e. The molecule has 1 unspecified atom stereocenters. The van der Waals surface area contributed by atoms with Crippen LogP contribution in [0, 0.1) is 11.7 Å². The van der Waals surface area contributed by atoms with Crippen LogP contribution >= 0.6 is 0 Å². The Morgan fingerprint density at radius 2 is 1.74 bits per heavy atom. The Balaban J connectivity index is 2.28. The lowest BCUT2D eigenvalue weighted by molar-refractivity contribution is -0.141. The van der Waals surface area contributed by atoms with Gasteiger partial charge in [-0.05, 0) is 24.3 Å². The van der Waals surface area contributed by atoms with Gasteiger partial charge in [-0.25, -0.2) is 9.18 Å². The molecular weight excluding hydrogens is 305 g/mol. The molecule has 126 valence electrons. The number of urea groups is 1. The van der Waals surface area contributed by atoms with E-state index in [1.807, 2.05) is 0 Å². The Hall–Kier alpha value is -2.64. The summed E-state index contributed by atoms with van der Waals surface area (Å²) < 4.78 is 12.7. The van der Waals surface area contributed by atoms with Crippen LogP contribution in [0.15, 0.2) is 24.3 Å². The molecule has 1 rings (SSSR count). The fourth-order valence-corrected chi connectivity index (χ4v) is 1.76. The third-order valence-corrected chi connectivity index (χ3v) is 3.11. The van der Waals surface area contributed by atoms with Crippen molar-refractivity contribution in [1.29, 1.82) is 0 Å². The number of carboxylic acid groups (broad SMARTS) is 1. The predicted octanol–water partition coefficient (Wildman–Crippen LogP) is 0.918. The smallest absolute Gasteiger partial charge is 0.317 e. The van der Waals surface area contributed by atoms with Crippen LogP contribution in [0.1, 0.15) is 17.3 Å². The standard InChI is InChI=1S/C15H20FN3O4/c1-10(14(21)22)9-19(2)15(23)18-8-7-17-13(20)11-3-5-12(16)6-4-11/h3-6,10H,7-9H2,1-2H3,(H,17,20)(H,18,23)(H,21,22). The molecule has 0 aliphatic carbocycles. The number of nitrogens with zero attached hydrogens (tertiary/aromatic N) is 1. The summed E-state index contributed by atoms with van der Waals surface area (Å²) in [6.07, 6.45) is 0. The zero-order valence-corrected chi connectivity index (χ0v) is 13.0. The van der Waals surface area contributed by atoms with Gasteiger partial charge in [-0.1, -0.05) is 6.92 Å². The molecule has 0 saturated carbocycles. The molecule has 1 aromatic rings. The van der Waals surface area contributed by atoms with E-state index >= 15 is 0 Å². The molecule has 3 amide bonds. The maximum Gasteiger partial charge on any atom is 0.317 e. The van der Waals surface area contributed by atoms with Crippen molar-refractivity contribution in [2.45, 2.75) is 6.92 Å². The highest BCUT2D eigenvalue weighted by Gasteiger charge is 2.16. The topological polar surface area (TPSA) is 98.7 Å². The molecule has 0 aromatic heterocycles. The number of rotatable bonds is 7. The molecule has 0 radical (unpaired) electrons. The fraction of sp³-hybridized carbons (Fsp3) is 0.400. The molecule has 23 heavy (non-hydrogen) atoms. The van der Waals surface area contributed by atoms with Crippen molar-refractivity contribution in [3.63, 3.8) is 0 Å². The predicted molar refractivity (Wildman–Crippen MR) is 81.6 cm³/mol. The highest BCUT2D eigenvalue weighted by Crippen LogP contribution is 2.02. The highest BCUT2D eigenvalue weighted by atomic mass is 19.1. The van der Waals surface area contributed by atoms with Crippen molar-refractivity contribution in [1.82, 2.24) is 15.5 Å². The first-order chi connectivity index (χ1) is 10.8. The largest absolute Gasteiger partial charge is 0.481 e. The van der Waals surface area contributed by atoms with E-state index in [0.717, 1.165) is 0 Å². The SMILES string of the molecule is CC(CN(C)C(=O)NCCNC(=O)c1ccc(F)cc1)C(=O)O. The molecule has 0 saturated heterocycles. The van der Waals surface area contributed by atoms with E-state index in [0.29, 0.717) is 5.56 Å². The van der Waals surface area contributed by atoms with Crippen LogP contribution in [-0.4, -0.2) is 54.6 Å². The summed E-state index contributed by atoms with van der Waals surface area (Å²) in [6.45, 7) is 1.99. The van der Waals surface area contributed by atoms with Crippen LogP contribution < -0.4 is 10.6 Å². The Morgan fingerprint density at radius 1 is 1.17 bits per heavy atom. The van der Waals surface area contributed by atoms with Gasteiger partial charge < -0.3 is 20.6 Å². The van der Waals surface area contributed by atoms with E-state index in [2.05, 4.69) is 10.6 Å². The van der Waals surface area contributed by atoms with Crippen LogP contribution in [0.5, 0.6) is 0 Å². The molecule has 1 atom stereocenters. The summed E-state index contributed by atoms with van der Waals surface area (Å²) >= 11 is 0. The summed E-state index contributed by atoms with van der Waals surface area (Å²) in [4.78, 5) is 35.4. The van der Waals surface area contributed by atoms with Gasteiger partial charge in [0.05, 0.1) is 5.92 Å². The van der Waals surface area contributed by atoms with E-state index < -0.39 is 23.7 Å². The van der Waals surface area contributed by atoms with Crippen LogP contribution in [-0.2, 0) is 4.79 Å². The third kappa shape index (κ3) is 6.33. The lowest BCUT2D eigenvalue weighted by atomic mass is 10.2. The van der Waals surface area contributed by atoms with Gasteiger partial charge >= 0.3 is 12.0 Å². The monoisotopic (exact) mass is 325 g/mol. The molecule has 0 heterocycles. The lowest BCUT2D eigenvalue weighted by Gasteiger charge is -2.20. The number of halogens is 1. The zero-order chi connectivity index (χ0) is 17.4. The Kier molecular flexibility index (Phi) is 6.98. The maximum absolute atomic E-state index is 12.7. The van der Waals surface area contributed by atoms with E-state index in [1.54, 1.807) is 0 Å². The first kappa shape index (κ1) is 18.4. The number of carbonyl (C=O) groups excluding carboxylic acids is 2. The van der Waals surface area contributed by atoms with Gasteiger partial charge in [0.25, 0.3) is 5.91 Å². The summed E-state index contributed by atoms with van der Waals surface area (Å²) in [5.41, 5.74) is 0.324. The Morgan fingerprint density at radius 3 is 2.30 bits per heavy atom. The van der Waals surface area contributed by atoms with E-state index in [1.165, 1.54) is 43.1 Å². The molecule has 0 spiro atoms. The maximum atomic E-state index is 12.7. The number of aliphatic carboxylic acids is 1. The van der Waals surface area contributed by atoms with E-state index in [9.17, 15) is 18.8 Å². The van der Waals surface area contributed by atoms with Crippen LogP contribution in [0.25, 0.3) is 0 Å². The number of benzene rings is 1. The van der Waals surface area contributed by atoms with Crippen molar-refractivity contribution < 1.29 is 23.9 Å². The molecule has 0 aliphatic heterocycles. The number of hydrogen-bond acceptors (Lipinski definition) is 3. The summed E-state index contributed by atoms with van der Waals surface area (Å²) in [6, 6.07) is 4.69. The van der Waals surface area contributed by atoms with Crippen molar-refractivity contribution in [2.24, 2.45) is 5.92 Å². The van der Waals surface area contributed by atoms with Gasteiger partial charge in [-0.15, -0.1) is 0 Å². The first-order valence-corrected chi connectivity index (χ1v) is 7.06. The average Bonchev–Trinajstić information content (AvgIpc) is 2.51. The van der Waals surface area contributed by atoms with Crippen molar-refractivity contribution in [2.75, 3.05) is 26.7 Å². The number of carboxylic acids is 1. The minimum atomic E-state index is -0.976. The molecule has 8 heteroatoms. The Bertz CT molecular complexity index is 562. The summed E-state index contributed by atoms with van der Waals surface area (Å²) in [5, 5.41) is 13.9. The molecule has 0 bridgehead atoms. The molecule has 3 N–H and O–H groups in total. The number of nitrogens with one attached hydrogen (secondary N) is 2. The van der Waals surface area contributed by atoms with Crippen molar-refractivity contribution >= 4 is 17.9 Å². The van der Waals surface area contributed by atoms with Gasteiger partial charge in [0.1, 0.15) is 5.82 Å². The number of carbonyl (C=O) groups is 3. The van der Waals surface area contributed by atoms with E-state index in [4.69, 9.17) is 5.11 Å². The quantitative estimate of drug-likeness (QED) is 0.649. The van der Waals surface area contributed by atoms with Gasteiger partial charge in [0.2, 0.25) is 0 Å². The highest BCUT2D eigenvalue weighted by molar-refractivity contribution is 5.94. The number of hydrogen-bond donors (Lipinski definition) is 3. The van der Waals surface area contributed by atoms with Gasteiger partial charge in [-0.3, -0.25) is 9.59 Å². The second kappa shape index (κ2) is 8.72. The fourth-order valence-electron chi connectivity index (χ4n) is 1.76. The number of amides is 3. The van der Waals surface area contributed by atoms with Gasteiger partial charge in [0, 0.05) is 32.2 Å². The molecular formula is C15H20FN3O4. The Labute approximate surface area is 133 Å². The van der Waals surface area contributed by atoms with E-state index in [-0.39, 0.29) is 25.5 Å². The van der Waals surface area contributed by atoms with Crippen LogP contribution in [0.4, 0.5) is 9.18 Å². The molecule has 1 aromatic carbocycles. The van der Waals surface area contributed by atoms with Crippen LogP contribution in [0.2, 0.25) is 0 Å². The van der Waals surface area contributed by atoms with Crippen molar-refractivity contribution in [3.05, 3.63) is 35.6 Å². The first-order valence-electron chi connectivity index (χ1n) is 7.06. The van der Waals surface area contributed by atoms with Crippen LogP contribution in [0.3, 0.4) is 0 Å².